The number of nitrogens with zero attached hydrogens (tertiary/aromatic N) is 1. The van der Waals surface area contributed by atoms with E-state index in [9.17, 15) is 13.2 Å². The number of hydrogen-bond donors (Lipinski definition) is 2. The highest BCUT2D eigenvalue weighted by atomic mass is 32.2. The normalized spacial score (nSPS) is 11.7. The van der Waals surface area contributed by atoms with Crippen molar-refractivity contribution in [2.24, 2.45) is 5.14 Å². The van der Waals surface area contributed by atoms with Crippen molar-refractivity contribution in [1.29, 1.82) is 0 Å². The topological polar surface area (TPSA) is 115 Å². The van der Waals surface area contributed by atoms with E-state index in [2.05, 4.69) is 9.71 Å². The van der Waals surface area contributed by atoms with Crippen LogP contribution in [-0.2, 0) is 16.6 Å². The third-order valence-corrected chi connectivity index (χ3v) is 5.91. The summed E-state index contributed by atoms with van der Waals surface area (Å²) in [6, 6.07) is 12.5. The maximum absolute atomic E-state index is 12.7. The molecule has 9 heteroatoms. The summed E-state index contributed by atoms with van der Waals surface area (Å²) >= 11 is 1.51. The molecule has 4 aromatic rings. The van der Waals surface area contributed by atoms with E-state index in [4.69, 9.17) is 9.56 Å². The molecular weight excluding hydrogens is 410 g/mol. The number of hydrogen-bond acceptors (Lipinski definition) is 6. The molecule has 0 spiro atoms. The number of fused-ring (bicyclic) bond motifs is 1. The number of anilines is 1. The Kier molecular flexibility index (Phi) is 4.95. The van der Waals surface area contributed by atoms with Gasteiger partial charge in [0.15, 0.2) is 0 Å². The van der Waals surface area contributed by atoms with Crippen molar-refractivity contribution in [3.05, 3.63) is 81.3 Å². The molecule has 0 fully saturated rings. The predicted molar refractivity (Wildman–Crippen MR) is 114 cm³/mol. The third-order valence-electron chi connectivity index (χ3n) is 4.57. The Hall–Kier alpha value is -3.01. The molecule has 0 bridgehead atoms. The summed E-state index contributed by atoms with van der Waals surface area (Å²) in [6.07, 6.45) is 2.08. The van der Waals surface area contributed by atoms with Crippen LogP contribution in [0.4, 0.5) is 5.69 Å². The van der Waals surface area contributed by atoms with Gasteiger partial charge in [-0.1, -0.05) is 24.3 Å². The summed E-state index contributed by atoms with van der Waals surface area (Å²) in [5.74, 6) is 0. The fourth-order valence-electron chi connectivity index (χ4n) is 3.22. The van der Waals surface area contributed by atoms with E-state index in [0.29, 0.717) is 23.3 Å². The molecule has 0 aliphatic heterocycles. The molecule has 2 heterocycles. The van der Waals surface area contributed by atoms with Gasteiger partial charge < -0.3 is 4.42 Å². The summed E-state index contributed by atoms with van der Waals surface area (Å²) in [6.45, 7) is 1.88. The highest BCUT2D eigenvalue weighted by Gasteiger charge is 2.14. The van der Waals surface area contributed by atoms with Crippen molar-refractivity contribution in [3.63, 3.8) is 0 Å². The molecule has 0 amide bonds. The molecular formula is C20H17N3O4S2. The first kappa shape index (κ1) is 19.3. The van der Waals surface area contributed by atoms with Crippen LogP contribution < -0.4 is 15.5 Å². The standard InChI is InChI=1S/C20H17N3O4S2/c1-12-16-6-5-14(19-10-22-11-28-19)9-18(16)27-20(24)17(12)8-13-3-2-4-15(7-13)23-29(21,25)26/h2-7,9-11,23H,8H2,1H3,(H2,21,25,26). The van der Waals surface area contributed by atoms with Crippen LogP contribution in [0.1, 0.15) is 16.7 Å². The van der Waals surface area contributed by atoms with E-state index in [-0.39, 0.29) is 0 Å². The van der Waals surface area contributed by atoms with Crippen LogP contribution in [0, 0.1) is 6.92 Å². The van der Waals surface area contributed by atoms with Gasteiger partial charge in [-0.25, -0.2) is 9.93 Å². The molecule has 3 N–H and O–H groups in total. The molecule has 0 radical (unpaired) electrons. The smallest absolute Gasteiger partial charge is 0.340 e. The summed E-state index contributed by atoms with van der Waals surface area (Å²) in [7, 11) is -3.87. The van der Waals surface area contributed by atoms with Crippen molar-refractivity contribution in [2.45, 2.75) is 13.3 Å². The van der Waals surface area contributed by atoms with Crippen LogP contribution in [0.3, 0.4) is 0 Å². The first-order valence-electron chi connectivity index (χ1n) is 8.65. The largest absolute Gasteiger partial charge is 0.422 e. The second-order valence-corrected chi connectivity index (χ2v) is 8.77. The zero-order chi connectivity index (χ0) is 20.6. The Morgan fingerprint density at radius 1 is 1.21 bits per heavy atom. The van der Waals surface area contributed by atoms with Crippen molar-refractivity contribution >= 4 is 38.2 Å². The molecule has 0 aliphatic rings. The Labute approximate surface area is 171 Å². The molecule has 0 saturated heterocycles. The quantitative estimate of drug-likeness (QED) is 0.474. The lowest BCUT2D eigenvalue weighted by atomic mass is 9.98. The summed E-state index contributed by atoms with van der Waals surface area (Å²) in [5.41, 5.74) is 5.25. The van der Waals surface area contributed by atoms with Gasteiger partial charge in [0.25, 0.3) is 10.2 Å². The van der Waals surface area contributed by atoms with Gasteiger partial charge in [0.1, 0.15) is 5.58 Å². The SMILES string of the molecule is Cc1c(Cc2cccc(NS(N)(=O)=O)c2)c(=O)oc2cc(-c3cncs3)ccc12. The van der Waals surface area contributed by atoms with Gasteiger partial charge in [0.2, 0.25) is 0 Å². The Bertz CT molecular complexity index is 1360. The van der Waals surface area contributed by atoms with E-state index in [1.165, 1.54) is 11.3 Å². The van der Waals surface area contributed by atoms with Gasteiger partial charge in [-0.05, 0) is 41.8 Å². The van der Waals surface area contributed by atoms with Crippen LogP contribution in [0.5, 0.6) is 0 Å². The van der Waals surface area contributed by atoms with Gasteiger partial charge in [0, 0.05) is 23.6 Å². The van der Waals surface area contributed by atoms with E-state index in [1.807, 2.05) is 31.2 Å². The van der Waals surface area contributed by atoms with Gasteiger partial charge in [-0.2, -0.15) is 8.42 Å². The highest BCUT2D eigenvalue weighted by Crippen LogP contribution is 2.29. The van der Waals surface area contributed by atoms with Crippen molar-refractivity contribution in [2.75, 3.05) is 4.72 Å². The van der Waals surface area contributed by atoms with Crippen LogP contribution in [0.2, 0.25) is 0 Å². The minimum Gasteiger partial charge on any atom is -0.422 e. The summed E-state index contributed by atoms with van der Waals surface area (Å²) in [4.78, 5) is 17.7. The molecule has 2 aromatic heterocycles. The van der Waals surface area contributed by atoms with Gasteiger partial charge in [-0.15, -0.1) is 11.3 Å². The maximum Gasteiger partial charge on any atom is 0.340 e. The highest BCUT2D eigenvalue weighted by molar-refractivity contribution is 7.90. The Morgan fingerprint density at radius 3 is 2.76 bits per heavy atom. The molecule has 0 saturated carbocycles. The third kappa shape index (κ3) is 4.21. The molecule has 0 aliphatic carbocycles. The summed E-state index contributed by atoms with van der Waals surface area (Å²) < 4.78 is 30.3. The Balaban J connectivity index is 1.72. The number of aryl methyl sites for hydroxylation is 1. The van der Waals surface area contributed by atoms with Gasteiger partial charge in [-0.3, -0.25) is 9.71 Å². The first-order valence-corrected chi connectivity index (χ1v) is 11.1. The molecule has 2 aromatic carbocycles. The first-order chi connectivity index (χ1) is 13.8. The predicted octanol–water partition coefficient (Wildman–Crippen LogP) is 3.43. The maximum atomic E-state index is 12.7. The zero-order valence-electron chi connectivity index (χ0n) is 15.4. The van der Waals surface area contributed by atoms with E-state index >= 15 is 0 Å². The fourth-order valence-corrected chi connectivity index (χ4v) is 4.30. The number of aromatic nitrogens is 1. The van der Waals surface area contributed by atoms with E-state index < -0.39 is 15.8 Å². The van der Waals surface area contributed by atoms with E-state index in [1.54, 1.807) is 29.9 Å². The van der Waals surface area contributed by atoms with Gasteiger partial charge in [0.05, 0.1) is 16.1 Å². The number of rotatable bonds is 5. The number of benzene rings is 2. The molecule has 7 nitrogen and oxygen atoms in total. The van der Waals surface area contributed by atoms with Crippen LogP contribution in [0.15, 0.2) is 63.4 Å². The molecule has 0 atom stereocenters. The molecule has 148 valence electrons. The molecule has 4 rings (SSSR count). The molecule has 29 heavy (non-hydrogen) atoms. The minimum atomic E-state index is -3.87. The zero-order valence-corrected chi connectivity index (χ0v) is 17.0. The van der Waals surface area contributed by atoms with Crippen LogP contribution in [-0.4, -0.2) is 13.4 Å². The fraction of sp³-hybridized carbons (Fsp3) is 0.100. The lowest BCUT2D eigenvalue weighted by Crippen LogP contribution is -2.21. The lowest BCUT2D eigenvalue weighted by Gasteiger charge is -2.10. The monoisotopic (exact) mass is 427 g/mol. The number of thiazole rings is 1. The van der Waals surface area contributed by atoms with Crippen molar-refractivity contribution in [1.82, 2.24) is 4.98 Å². The van der Waals surface area contributed by atoms with Crippen LogP contribution >= 0.6 is 11.3 Å². The second-order valence-electron chi connectivity index (χ2n) is 6.59. The van der Waals surface area contributed by atoms with Crippen LogP contribution in [0.25, 0.3) is 21.4 Å². The molecule has 0 unspecified atom stereocenters. The number of nitrogens with two attached hydrogens (primary N) is 1. The average Bonchev–Trinajstić information content (AvgIpc) is 3.18. The van der Waals surface area contributed by atoms with E-state index in [0.717, 1.165) is 27.0 Å². The average molecular weight is 428 g/mol. The van der Waals surface area contributed by atoms with Crippen molar-refractivity contribution in [3.8, 4) is 10.4 Å². The second kappa shape index (κ2) is 7.43. The Morgan fingerprint density at radius 2 is 2.03 bits per heavy atom. The minimum absolute atomic E-state index is 0.306. The van der Waals surface area contributed by atoms with Gasteiger partial charge >= 0.3 is 5.63 Å². The van der Waals surface area contributed by atoms with Crippen molar-refractivity contribution < 1.29 is 12.8 Å². The lowest BCUT2D eigenvalue weighted by molar-refractivity contribution is 0.551. The number of nitrogens with one attached hydrogen (secondary N) is 1. The summed E-state index contributed by atoms with van der Waals surface area (Å²) in [5, 5.41) is 5.87.